The van der Waals surface area contributed by atoms with Crippen LogP contribution in [0.1, 0.15) is 13.8 Å². The third-order valence-electron chi connectivity index (χ3n) is 4.33. The van der Waals surface area contributed by atoms with Gasteiger partial charge in [-0.2, -0.15) is 21.3 Å². The Morgan fingerprint density at radius 1 is 0.960 bits per heavy atom. The Labute approximate surface area is 153 Å². The van der Waals surface area contributed by atoms with Gasteiger partial charge in [0, 0.05) is 39.3 Å². The minimum absolute atomic E-state index is 0.154. The summed E-state index contributed by atoms with van der Waals surface area (Å²) in [5, 5.41) is 1.72. The Morgan fingerprint density at radius 3 is 2.04 bits per heavy atom. The van der Waals surface area contributed by atoms with Crippen LogP contribution in [0.3, 0.4) is 0 Å². The van der Waals surface area contributed by atoms with Gasteiger partial charge < -0.3 is 4.74 Å². The second-order valence-corrected chi connectivity index (χ2v) is 11.4. The molecular formula is C14H23N3O5S3. The molecule has 2 aliphatic heterocycles. The molecule has 0 unspecified atom stereocenters. The molecule has 1 aromatic rings. The van der Waals surface area contributed by atoms with E-state index in [1.54, 1.807) is 17.5 Å². The molecule has 2 fully saturated rings. The number of hydrogen-bond acceptors (Lipinski definition) is 6. The summed E-state index contributed by atoms with van der Waals surface area (Å²) in [7, 11) is -7.14. The summed E-state index contributed by atoms with van der Waals surface area (Å²) in [5.41, 5.74) is 0. The molecule has 0 bridgehead atoms. The number of rotatable bonds is 4. The van der Waals surface area contributed by atoms with Gasteiger partial charge in [-0.3, -0.25) is 0 Å². The number of sulfonamides is 1. The first-order chi connectivity index (χ1) is 11.7. The van der Waals surface area contributed by atoms with E-state index in [4.69, 9.17) is 4.74 Å². The number of ether oxygens (including phenoxy) is 1. The Hall–Kier alpha value is -0.560. The summed E-state index contributed by atoms with van der Waals surface area (Å²) >= 11 is 1.17. The number of hydrogen-bond donors (Lipinski definition) is 0. The van der Waals surface area contributed by atoms with Gasteiger partial charge in [-0.1, -0.05) is 6.07 Å². The van der Waals surface area contributed by atoms with Gasteiger partial charge in [0.1, 0.15) is 4.21 Å². The fourth-order valence-electron chi connectivity index (χ4n) is 3.16. The van der Waals surface area contributed by atoms with E-state index in [2.05, 4.69) is 0 Å². The molecule has 1 aromatic heterocycles. The standard InChI is InChI=1S/C14H23N3O5S3/c1-12-10-17(11-13(2)22-12)25(20,21)16-7-5-15(6-8-16)24(18,19)14-4-3-9-23-14/h3-4,9,12-13H,5-8,10-11H2,1-2H3/t12-,13-/m1/s1. The lowest BCUT2D eigenvalue weighted by molar-refractivity contribution is -0.0456. The molecule has 0 saturated carbocycles. The molecule has 8 nitrogen and oxygen atoms in total. The molecule has 0 spiro atoms. The molecule has 11 heteroatoms. The Morgan fingerprint density at radius 2 is 1.52 bits per heavy atom. The van der Waals surface area contributed by atoms with Crippen molar-refractivity contribution in [2.24, 2.45) is 0 Å². The van der Waals surface area contributed by atoms with E-state index in [9.17, 15) is 16.8 Å². The highest BCUT2D eigenvalue weighted by Crippen LogP contribution is 2.24. The summed E-state index contributed by atoms with van der Waals surface area (Å²) in [5.74, 6) is 0. The third kappa shape index (κ3) is 3.92. The number of morpholine rings is 1. The van der Waals surface area contributed by atoms with Crippen LogP contribution in [-0.2, 0) is 25.0 Å². The van der Waals surface area contributed by atoms with Crippen molar-refractivity contribution in [2.75, 3.05) is 39.3 Å². The van der Waals surface area contributed by atoms with Gasteiger partial charge in [-0.05, 0) is 25.3 Å². The van der Waals surface area contributed by atoms with Crippen LogP contribution >= 0.6 is 11.3 Å². The Balaban J connectivity index is 1.67. The minimum atomic E-state index is -3.61. The van der Waals surface area contributed by atoms with Crippen LogP contribution in [-0.4, -0.2) is 81.2 Å². The smallest absolute Gasteiger partial charge is 0.282 e. The molecule has 0 aliphatic carbocycles. The fraction of sp³-hybridized carbons (Fsp3) is 0.714. The predicted octanol–water partition coefficient (Wildman–Crippen LogP) is 0.408. The molecule has 0 radical (unpaired) electrons. The van der Waals surface area contributed by atoms with Crippen molar-refractivity contribution in [3.63, 3.8) is 0 Å². The van der Waals surface area contributed by atoms with Crippen LogP contribution in [0.2, 0.25) is 0 Å². The zero-order valence-corrected chi connectivity index (χ0v) is 16.7. The molecule has 3 heterocycles. The molecule has 0 N–H and O–H groups in total. The highest BCUT2D eigenvalue weighted by Gasteiger charge is 2.38. The number of nitrogens with zero attached hydrogens (tertiary/aromatic N) is 3. The van der Waals surface area contributed by atoms with E-state index < -0.39 is 20.2 Å². The van der Waals surface area contributed by atoms with Gasteiger partial charge in [0.25, 0.3) is 20.2 Å². The molecular weight excluding hydrogens is 386 g/mol. The van der Waals surface area contributed by atoms with Crippen LogP contribution in [0.5, 0.6) is 0 Å². The molecule has 0 aromatic carbocycles. The van der Waals surface area contributed by atoms with Gasteiger partial charge in [0.05, 0.1) is 12.2 Å². The first-order valence-electron chi connectivity index (χ1n) is 8.15. The maximum atomic E-state index is 12.8. The van der Waals surface area contributed by atoms with Crippen LogP contribution in [0, 0.1) is 0 Å². The van der Waals surface area contributed by atoms with Crippen molar-refractivity contribution in [1.29, 1.82) is 0 Å². The topological polar surface area (TPSA) is 87.2 Å². The molecule has 2 atom stereocenters. The van der Waals surface area contributed by atoms with Gasteiger partial charge in [-0.25, -0.2) is 8.42 Å². The molecule has 0 amide bonds. The Bertz CT molecular complexity index is 776. The molecule has 2 saturated heterocycles. The molecule has 3 rings (SSSR count). The van der Waals surface area contributed by atoms with Crippen molar-refractivity contribution in [3.05, 3.63) is 17.5 Å². The SMILES string of the molecule is C[C@@H]1CN(S(=O)(=O)N2CCN(S(=O)(=O)c3cccs3)CC2)C[C@@H](C)O1. The zero-order chi connectivity index (χ0) is 18.2. The summed E-state index contributed by atoms with van der Waals surface area (Å²) in [4.78, 5) is 0. The van der Waals surface area contributed by atoms with E-state index in [1.807, 2.05) is 13.8 Å². The summed E-state index contributed by atoms with van der Waals surface area (Å²) in [6.45, 7) is 4.98. The summed E-state index contributed by atoms with van der Waals surface area (Å²) in [6.07, 6.45) is -0.307. The summed E-state index contributed by atoms with van der Waals surface area (Å²) in [6, 6.07) is 3.26. The predicted molar refractivity (Wildman–Crippen MR) is 95.2 cm³/mol. The lowest BCUT2D eigenvalue weighted by Crippen LogP contribution is -2.57. The van der Waals surface area contributed by atoms with Crippen LogP contribution < -0.4 is 0 Å². The van der Waals surface area contributed by atoms with Crippen molar-refractivity contribution < 1.29 is 21.6 Å². The van der Waals surface area contributed by atoms with E-state index >= 15 is 0 Å². The molecule has 142 valence electrons. The molecule has 25 heavy (non-hydrogen) atoms. The second-order valence-electron chi connectivity index (χ2n) is 6.32. The minimum Gasteiger partial charge on any atom is -0.373 e. The highest BCUT2D eigenvalue weighted by atomic mass is 32.2. The largest absolute Gasteiger partial charge is 0.373 e. The summed E-state index contributed by atoms with van der Waals surface area (Å²) < 4.78 is 60.8. The molecule has 2 aliphatic rings. The van der Waals surface area contributed by atoms with Gasteiger partial charge in [0.15, 0.2) is 0 Å². The van der Waals surface area contributed by atoms with Gasteiger partial charge in [-0.15, -0.1) is 11.3 Å². The number of piperazine rings is 1. The lowest BCUT2D eigenvalue weighted by atomic mass is 10.3. The second kappa shape index (κ2) is 7.22. The van der Waals surface area contributed by atoms with Gasteiger partial charge in [0.2, 0.25) is 0 Å². The van der Waals surface area contributed by atoms with E-state index in [-0.39, 0.29) is 38.4 Å². The average Bonchev–Trinajstić information content (AvgIpc) is 3.09. The zero-order valence-electron chi connectivity index (χ0n) is 14.2. The maximum absolute atomic E-state index is 12.8. The van der Waals surface area contributed by atoms with Gasteiger partial charge >= 0.3 is 0 Å². The van der Waals surface area contributed by atoms with Crippen LogP contribution in [0.15, 0.2) is 21.7 Å². The first-order valence-corrected chi connectivity index (χ1v) is 11.9. The highest BCUT2D eigenvalue weighted by molar-refractivity contribution is 7.91. The van der Waals surface area contributed by atoms with E-state index in [0.717, 1.165) is 0 Å². The normalized spacial score (nSPS) is 28.2. The third-order valence-corrected chi connectivity index (χ3v) is 9.57. The first kappa shape index (κ1) is 19.2. The van der Waals surface area contributed by atoms with Crippen LogP contribution in [0.25, 0.3) is 0 Å². The fourth-order valence-corrected chi connectivity index (χ4v) is 7.48. The van der Waals surface area contributed by atoms with E-state index in [0.29, 0.717) is 17.3 Å². The van der Waals surface area contributed by atoms with E-state index in [1.165, 1.54) is 24.3 Å². The number of thiophene rings is 1. The average molecular weight is 410 g/mol. The lowest BCUT2D eigenvalue weighted by Gasteiger charge is -2.39. The van der Waals surface area contributed by atoms with Crippen molar-refractivity contribution >= 4 is 31.6 Å². The van der Waals surface area contributed by atoms with Crippen molar-refractivity contribution in [3.8, 4) is 0 Å². The van der Waals surface area contributed by atoms with Crippen molar-refractivity contribution in [2.45, 2.75) is 30.3 Å². The quantitative estimate of drug-likeness (QED) is 0.719. The van der Waals surface area contributed by atoms with Crippen molar-refractivity contribution in [1.82, 2.24) is 12.9 Å². The maximum Gasteiger partial charge on any atom is 0.282 e. The van der Waals surface area contributed by atoms with Crippen LogP contribution in [0.4, 0.5) is 0 Å². The monoisotopic (exact) mass is 409 g/mol. The Kier molecular flexibility index (Phi) is 5.55.